The van der Waals surface area contributed by atoms with Gasteiger partial charge in [-0.2, -0.15) is 0 Å². The van der Waals surface area contributed by atoms with E-state index in [9.17, 15) is 4.21 Å². The monoisotopic (exact) mass is 214 g/mol. The van der Waals surface area contributed by atoms with E-state index in [0.29, 0.717) is 10.7 Å². The third-order valence-corrected chi connectivity index (χ3v) is 4.17. The molecular formula is C8H14N4OS. The van der Waals surface area contributed by atoms with Gasteiger partial charge in [0.05, 0.1) is 14.6 Å². The van der Waals surface area contributed by atoms with Gasteiger partial charge in [0, 0.05) is 11.4 Å². The topological polar surface area (TPSA) is 91.9 Å². The summed E-state index contributed by atoms with van der Waals surface area (Å²) in [5.74, 6) is 5.63. The lowest BCUT2D eigenvalue weighted by Gasteiger charge is -2.10. The Labute approximate surface area is 83.7 Å². The van der Waals surface area contributed by atoms with Crippen LogP contribution in [-0.4, -0.2) is 14.4 Å². The van der Waals surface area contributed by atoms with Gasteiger partial charge < -0.3 is 5.43 Å². The fourth-order valence-corrected chi connectivity index (χ4v) is 1.94. The highest BCUT2D eigenvalue weighted by molar-refractivity contribution is 7.93. The van der Waals surface area contributed by atoms with E-state index in [1.807, 2.05) is 0 Å². The summed E-state index contributed by atoms with van der Waals surface area (Å²) in [6.45, 7) is 3.51. The highest BCUT2D eigenvalue weighted by Crippen LogP contribution is 2.16. The summed E-state index contributed by atoms with van der Waals surface area (Å²) < 4.78 is 19.5. The maximum absolute atomic E-state index is 11.9. The maximum Gasteiger partial charge on any atom is 0.139 e. The van der Waals surface area contributed by atoms with Crippen LogP contribution in [-0.2, 0) is 9.73 Å². The normalized spacial score (nSPS) is 15.1. The molecule has 6 heteroatoms. The zero-order valence-electron chi connectivity index (χ0n) is 8.15. The number of nitrogens with zero attached hydrogens (tertiary/aromatic N) is 1. The van der Waals surface area contributed by atoms with E-state index in [0.717, 1.165) is 0 Å². The van der Waals surface area contributed by atoms with Crippen molar-refractivity contribution in [3.8, 4) is 0 Å². The molecule has 0 aliphatic heterocycles. The maximum atomic E-state index is 11.9. The Kier molecular flexibility index (Phi) is 3.07. The van der Waals surface area contributed by atoms with E-state index in [2.05, 4.69) is 10.4 Å². The van der Waals surface area contributed by atoms with Gasteiger partial charge in [-0.05, 0) is 26.0 Å². The number of rotatable bonds is 3. The minimum Gasteiger partial charge on any atom is -0.308 e. The number of hydrogen-bond acceptors (Lipinski definition) is 5. The molecule has 1 heterocycles. The Bertz CT molecular complexity index is 396. The molecule has 0 saturated carbocycles. The Morgan fingerprint density at radius 1 is 1.57 bits per heavy atom. The van der Waals surface area contributed by atoms with Crippen molar-refractivity contribution in [2.24, 2.45) is 5.84 Å². The minimum atomic E-state index is -2.73. The Balaban J connectivity index is 3.10. The van der Waals surface area contributed by atoms with Crippen LogP contribution < -0.4 is 11.3 Å². The number of nitrogens with two attached hydrogens (primary N) is 1. The van der Waals surface area contributed by atoms with Crippen molar-refractivity contribution in [1.29, 1.82) is 4.78 Å². The molecule has 78 valence electrons. The highest BCUT2D eigenvalue weighted by atomic mass is 32.2. The van der Waals surface area contributed by atoms with Crippen molar-refractivity contribution in [2.45, 2.75) is 24.0 Å². The zero-order chi connectivity index (χ0) is 10.8. The molecule has 4 N–H and O–H groups in total. The SMILES string of the molecule is CC(C)[S@@](=N)(=O)c1ccc(NN)nc1. The molecule has 0 aliphatic rings. The summed E-state index contributed by atoms with van der Waals surface area (Å²) in [6, 6.07) is 3.21. The average molecular weight is 214 g/mol. The van der Waals surface area contributed by atoms with Crippen LogP contribution in [0.1, 0.15) is 13.8 Å². The molecule has 0 radical (unpaired) electrons. The van der Waals surface area contributed by atoms with Crippen LogP contribution in [0, 0.1) is 4.78 Å². The average Bonchev–Trinajstić information content (AvgIpc) is 2.17. The molecule has 14 heavy (non-hydrogen) atoms. The number of hydrazine groups is 1. The first-order chi connectivity index (χ1) is 6.48. The van der Waals surface area contributed by atoms with Crippen molar-refractivity contribution < 1.29 is 4.21 Å². The van der Waals surface area contributed by atoms with Gasteiger partial charge in [-0.1, -0.05) is 0 Å². The van der Waals surface area contributed by atoms with Crippen LogP contribution in [0.5, 0.6) is 0 Å². The van der Waals surface area contributed by atoms with Crippen LogP contribution in [0.2, 0.25) is 0 Å². The van der Waals surface area contributed by atoms with Crippen LogP contribution in [0.3, 0.4) is 0 Å². The Morgan fingerprint density at radius 3 is 2.57 bits per heavy atom. The molecule has 0 unspecified atom stereocenters. The number of hydrogen-bond donors (Lipinski definition) is 3. The summed E-state index contributed by atoms with van der Waals surface area (Å²) in [5.41, 5.74) is 2.37. The second-order valence-electron chi connectivity index (χ2n) is 3.17. The van der Waals surface area contributed by atoms with E-state index in [4.69, 9.17) is 10.6 Å². The minimum absolute atomic E-state index is 0.221. The van der Waals surface area contributed by atoms with E-state index in [-0.39, 0.29) is 5.25 Å². The van der Waals surface area contributed by atoms with Crippen molar-refractivity contribution in [1.82, 2.24) is 4.98 Å². The van der Waals surface area contributed by atoms with E-state index in [1.54, 1.807) is 26.0 Å². The second-order valence-corrected chi connectivity index (χ2v) is 5.79. The van der Waals surface area contributed by atoms with Crippen LogP contribution in [0.15, 0.2) is 23.2 Å². The second kappa shape index (κ2) is 3.93. The number of pyridine rings is 1. The van der Waals surface area contributed by atoms with Gasteiger partial charge in [-0.25, -0.2) is 19.8 Å². The fourth-order valence-electron chi connectivity index (χ4n) is 0.917. The van der Waals surface area contributed by atoms with Crippen LogP contribution >= 0.6 is 0 Å². The quantitative estimate of drug-likeness (QED) is 0.520. The lowest BCUT2D eigenvalue weighted by atomic mass is 10.5. The van der Waals surface area contributed by atoms with Crippen LogP contribution in [0.25, 0.3) is 0 Å². The number of anilines is 1. The molecule has 0 spiro atoms. The molecule has 1 aromatic rings. The molecule has 1 atom stereocenters. The molecular weight excluding hydrogens is 200 g/mol. The lowest BCUT2D eigenvalue weighted by molar-refractivity contribution is 0.667. The van der Waals surface area contributed by atoms with Gasteiger partial charge in [0.15, 0.2) is 0 Å². The number of nitrogens with one attached hydrogen (secondary N) is 2. The third-order valence-electron chi connectivity index (χ3n) is 1.90. The summed E-state index contributed by atoms with van der Waals surface area (Å²) in [6.07, 6.45) is 1.42. The highest BCUT2D eigenvalue weighted by Gasteiger charge is 2.14. The first kappa shape index (κ1) is 10.9. The molecule has 0 fully saturated rings. The standard InChI is InChI=1S/C8H14N4OS/c1-6(2)14(10,13)7-3-4-8(12-9)11-5-7/h3-6,10H,9H2,1-2H3,(H,11,12)/t14-/m1/s1. The summed E-state index contributed by atoms with van der Waals surface area (Å²) in [4.78, 5) is 4.35. The predicted octanol–water partition coefficient (Wildman–Crippen LogP) is 1.18. The first-order valence-electron chi connectivity index (χ1n) is 4.19. The molecule has 0 saturated heterocycles. The molecule has 1 rings (SSSR count). The number of aromatic nitrogens is 1. The van der Waals surface area contributed by atoms with Gasteiger partial charge in [-0.15, -0.1) is 0 Å². The third kappa shape index (κ3) is 2.02. The van der Waals surface area contributed by atoms with Crippen molar-refractivity contribution in [2.75, 3.05) is 5.43 Å². The summed E-state index contributed by atoms with van der Waals surface area (Å²) in [7, 11) is -2.73. The van der Waals surface area contributed by atoms with E-state index >= 15 is 0 Å². The number of nitrogen functional groups attached to an aromatic ring is 1. The predicted molar refractivity (Wildman–Crippen MR) is 56.3 cm³/mol. The fraction of sp³-hybridized carbons (Fsp3) is 0.375. The molecule has 0 aromatic carbocycles. The Hall–Kier alpha value is -1.14. The summed E-state index contributed by atoms with van der Waals surface area (Å²) in [5, 5.41) is -0.221. The van der Waals surface area contributed by atoms with Crippen molar-refractivity contribution in [3.05, 3.63) is 18.3 Å². The van der Waals surface area contributed by atoms with Gasteiger partial charge in [-0.3, -0.25) is 0 Å². The van der Waals surface area contributed by atoms with Gasteiger partial charge >= 0.3 is 0 Å². The molecule has 1 aromatic heterocycles. The Morgan fingerprint density at radius 2 is 2.21 bits per heavy atom. The smallest absolute Gasteiger partial charge is 0.139 e. The molecule has 0 aliphatic carbocycles. The molecule has 0 bridgehead atoms. The summed E-state index contributed by atoms with van der Waals surface area (Å²) >= 11 is 0. The lowest BCUT2D eigenvalue weighted by Crippen LogP contribution is -2.13. The van der Waals surface area contributed by atoms with Gasteiger partial charge in [0.2, 0.25) is 0 Å². The van der Waals surface area contributed by atoms with Crippen molar-refractivity contribution in [3.63, 3.8) is 0 Å². The first-order valence-corrected chi connectivity index (χ1v) is 5.81. The van der Waals surface area contributed by atoms with Crippen molar-refractivity contribution >= 4 is 15.5 Å². The molecule has 0 amide bonds. The zero-order valence-corrected chi connectivity index (χ0v) is 8.97. The largest absolute Gasteiger partial charge is 0.308 e. The molecule has 5 nitrogen and oxygen atoms in total. The van der Waals surface area contributed by atoms with Crippen LogP contribution in [0.4, 0.5) is 5.82 Å². The van der Waals surface area contributed by atoms with Gasteiger partial charge in [0.1, 0.15) is 5.82 Å². The van der Waals surface area contributed by atoms with Gasteiger partial charge in [0.25, 0.3) is 0 Å². The van der Waals surface area contributed by atoms with E-state index < -0.39 is 9.73 Å². The van der Waals surface area contributed by atoms with E-state index in [1.165, 1.54) is 6.20 Å².